The van der Waals surface area contributed by atoms with E-state index in [9.17, 15) is 9.59 Å². The van der Waals surface area contributed by atoms with Gasteiger partial charge in [0.05, 0.1) is 0 Å². The predicted molar refractivity (Wildman–Crippen MR) is 78.0 cm³/mol. The molecule has 0 aromatic rings. The van der Waals surface area contributed by atoms with E-state index in [1.165, 1.54) is 0 Å². The lowest BCUT2D eigenvalue weighted by molar-refractivity contribution is -0.137. The van der Waals surface area contributed by atoms with Gasteiger partial charge in [0.2, 0.25) is 12.3 Å². The highest BCUT2D eigenvalue weighted by molar-refractivity contribution is 5.84. The Bertz CT molecular complexity index is 472. The number of hydrogen-bond donors (Lipinski definition) is 1. The molecule has 2 amide bonds. The zero-order chi connectivity index (χ0) is 15.5. The first kappa shape index (κ1) is 16.1. The lowest BCUT2D eigenvalue weighted by atomic mass is 9.85. The monoisotopic (exact) mass is 277 g/mol. The number of rotatable bonds is 6. The second-order valence-corrected chi connectivity index (χ2v) is 6.14. The average molecular weight is 277 g/mol. The molecular formula is C15H23N3O2. The molecule has 0 aromatic carbocycles. The van der Waals surface area contributed by atoms with Crippen LogP contribution >= 0.6 is 0 Å². The summed E-state index contributed by atoms with van der Waals surface area (Å²) in [5.74, 6) is -0.104. The van der Waals surface area contributed by atoms with Crippen LogP contribution in [0, 0.1) is 17.5 Å². The third-order valence-electron chi connectivity index (χ3n) is 3.36. The number of amides is 2. The SMILES string of the molecule is C/C(=C\[C@H](C)N(C)C(=O)[C@@H](NC=O)C(C)(C)C)N1C#C1. The van der Waals surface area contributed by atoms with E-state index in [2.05, 4.69) is 17.4 Å². The number of nitrogens with one attached hydrogen (secondary N) is 1. The molecule has 0 fully saturated rings. The molecule has 1 rings (SSSR count). The zero-order valence-corrected chi connectivity index (χ0v) is 13.0. The maximum absolute atomic E-state index is 12.5. The van der Waals surface area contributed by atoms with Gasteiger partial charge in [0.25, 0.3) is 0 Å². The fourth-order valence-electron chi connectivity index (χ4n) is 1.90. The van der Waals surface area contributed by atoms with Crippen LogP contribution in [0.2, 0.25) is 0 Å². The Morgan fingerprint density at radius 2 is 1.90 bits per heavy atom. The molecule has 0 aromatic heterocycles. The summed E-state index contributed by atoms with van der Waals surface area (Å²) < 4.78 is 0. The van der Waals surface area contributed by atoms with Gasteiger partial charge in [0.15, 0.2) is 0 Å². The molecule has 0 saturated carbocycles. The van der Waals surface area contributed by atoms with Crippen molar-refractivity contribution in [2.45, 2.75) is 46.7 Å². The van der Waals surface area contributed by atoms with E-state index >= 15 is 0 Å². The molecule has 1 aliphatic rings. The van der Waals surface area contributed by atoms with Crippen LogP contribution in [0.3, 0.4) is 0 Å². The molecule has 1 N–H and O–H groups in total. The fourth-order valence-corrected chi connectivity index (χ4v) is 1.90. The first-order valence-electron chi connectivity index (χ1n) is 6.64. The van der Waals surface area contributed by atoms with Crippen molar-refractivity contribution in [3.63, 3.8) is 0 Å². The van der Waals surface area contributed by atoms with Gasteiger partial charge in [-0.1, -0.05) is 20.8 Å². The standard InChI is InChI=1S/C15H23N3O2/c1-11(9-12(2)18-7-8-18)17(6)14(20)13(16-10-19)15(3,4)5/h9-11,13H,1-6H3,(H,16,19)/b12-9+/t11-,13+/m0/s1. The Balaban J connectivity index is 2.77. The molecule has 5 nitrogen and oxygen atoms in total. The van der Waals surface area contributed by atoms with Crippen LogP contribution in [0.4, 0.5) is 0 Å². The van der Waals surface area contributed by atoms with E-state index in [-0.39, 0.29) is 17.4 Å². The van der Waals surface area contributed by atoms with Gasteiger partial charge in [0, 0.05) is 30.9 Å². The zero-order valence-electron chi connectivity index (χ0n) is 13.0. The molecule has 0 unspecified atom stereocenters. The van der Waals surface area contributed by atoms with Crippen LogP contribution in [0.15, 0.2) is 11.8 Å². The van der Waals surface area contributed by atoms with Gasteiger partial charge in [-0.2, -0.15) is 0 Å². The van der Waals surface area contributed by atoms with Crippen molar-refractivity contribution in [3.05, 3.63) is 11.8 Å². The van der Waals surface area contributed by atoms with E-state index < -0.39 is 6.04 Å². The molecule has 0 saturated heterocycles. The summed E-state index contributed by atoms with van der Waals surface area (Å²) >= 11 is 0. The summed E-state index contributed by atoms with van der Waals surface area (Å²) in [6, 6.07) is 5.03. The molecule has 1 aliphatic heterocycles. The first-order chi connectivity index (χ1) is 9.18. The lowest BCUT2D eigenvalue weighted by Gasteiger charge is -2.34. The number of allylic oxidation sites excluding steroid dienone is 1. The van der Waals surface area contributed by atoms with E-state index in [4.69, 9.17) is 0 Å². The van der Waals surface area contributed by atoms with Gasteiger partial charge < -0.3 is 10.2 Å². The summed E-state index contributed by atoms with van der Waals surface area (Å²) in [6.07, 6.45) is 2.54. The van der Waals surface area contributed by atoms with Gasteiger partial charge in [-0.3, -0.25) is 9.59 Å². The van der Waals surface area contributed by atoms with E-state index in [1.54, 1.807) is 16.8 Å². The van der Waals surface area contributed by atoms with Gasteiger partial charge in [-0.05, 0) is 25.3 Å². The van der Waals surface area contributed by atoms with Crippen molar-refractivity contribution in [1.82, 2.24) is 15.1 Å². The molecule has 20 heavy (non-hydrogen) atoms. The maximum Gasteiger partial charge on any atom is 0.245 e. The first-order valence-corrected chi connectivity index (χ1v) is 6.64. The minimum absolute atomic E-state index is 0.0787. The van der Waals surface area contributed by atoms with Crippen LogP contribution in [0.1, 0.15) is 34.6 Å². The number of carbonyl (C=O) groups excluding carboxylic acids is 2. The Labute approximate surface area is 121 Å². The Morgan fingerprint density at radius 1 is 1.35 bits per heavy atom. The highest BCUT2D eigenvalue weighted by Gasteiger charge is 2.34. The van der Waals surface area contributed by atoms with Crippen LogP contribution in [-0.2, 0) is 9.59 Å². The van der Waals surface area contributed by atoms with Crippen molar-refractivity contribution < 1.29 is 9.59 Å². The van der Waals surface area contributed by atoms with Crippen LogP contribution in [0.5, 0.6) is 0 Å². The topological polar surface area (TPSA) is 52.4 Å². The number of nitrogens with zero attached hydrogens (tertiary/aromatic N) is 2. The van der Waals surface area contributed by atoms with Crippen LogP contribution < -0.4 is 5.32 Å². The highest BCUT2D eigenvalue weighted by Crippen LogP contribution is 2.21. The molecule has 110 valence electrons. The van der Waals surface area contributed by atoms with Gasteiger partial charge >= 0.3 is 0 Å². The molecule has 1 heterocycles. The third-order valence-corrected chi connectivity index (χ3v) is 3.36. The summed E-state index contributed by atoms with van der Waals surface area (Å²) in [4.78, 5) is 26.6. The van der Waals surface area contributed by atoms with Gasteiger partial charge in [-0.25, -0.2) is 4.90 Å². The second-order valence-electron chi connectivity index (χ2n) is 6.14. The maximum atomic E-state index is 12.5. The Hall–Kier alpha value is -1.96. The van der Waals surface area contributed by atoms with Gasteiger partial charge in [0.1, 0.15) is 6.04 Å². The molecular weight excluding hydrogens is 254 g/mol. The summed E-state index contributed by atoms with van der Waals surface area (Å²) in [5, 5.41) is 2.62. The number of carbonyl (C=O) groups is 2. The minimum Gasteiger partial charge on any atom is -0.346 e. The normalized spacial score (nSPS) is 16.7. The van der Waals surface area contributed by atoms with Crippen LogP contribution in [0.25, 0.3) is 0 Å². The van der Waals surface area contributed by atoms with Crippen molar-refractivity contribution in [2.24, 2.45) is 5.41 Å². The Morgan fingerprint density at radius 3 is 2.30 bits per heavy atom. The molecule has 0 aliphatic carbocycles. The quantitative estimate of drug-likeness (QED) is 0.585. The van der Waals surface area contributed by atoms with Crippen molar-refractivity contribution in [3.8, 4) is 12.1 Å². The average Bonchev–Trinajstić information content (AvgIpc) is 3.16. The van der Waals surface area contributed by atoms with Crippen LogP contribution in [-0.4, -0.2) is 41.2 Å². The highest BCUT2D eigenvalue weighted by atomic mass is 16.2. The van der Waals surface area contributed by atoms with E-state index in [0.717, 1.165) is 5.70 Å². The number of hydrogen-bond acceptors (Lipinski definition) is 3. The van der Waals surface area contributed by atoms with E-state index in [1.807, 2.05) is 40.7 Å². The molecule has 0 spiro atoms. The third kappa shape index (κ3) is 4.02. The summed E-state index contributed by atoms with van der Waals surface area (Å²) in [5.41, 5.74) is 0.640. The second kappa shape index (κ2) is 6.00. The van der Waals surface area contributed by atoms with Gasteiger partial charge in [-0.15, -0.1) is 0 Å². The molecule has 5 heteroatoms. The summed E-state index contributed by atoms with van der Waals surface area (Å²) in [7, 11) is 1.74. The molecule has 0 radical (unpaired) electrons. The largest absolute Gasteiger partial charge is 0.346 e. The minimum atomic E-state index is -0.543. The summed E-state index contributed by atoms with van der Waals surface area (Å²) in [6.45, 7) is 9.65. The van der Waals surface area contributed by atoms with E-state index in [0.29, 0.717) is 6.41 Å². The smallest absolute Gasteiger partial charge is 0.245 e. The molecule has 0 bridgehead atoms. The predicted octanol–water partition coefficient (Wildman–Crippen LogP) is 1.13. The van der Waals surface area contributed by atoms with Crippen molar-refractivity contribution in [2.75, 3.05) is 7.05 Å². The Kier molecular flexibility index (Phi) is 4.83. The fraction of sp³-hybridized carbons (Fsp3) is 0.600. The number of likely N-dealkylation sites (N-methyl/N-ethyl adjacent to an activating group) is 1. The lowest BCUT2D eigenvalue weighted by Crippen LogP contribution is -2.53. The molecule has 2 atom stereocenters. The van der Waals surface area contributed by atoms with Crippen molar-refractivity contribution >= 4 is 12.3 Å². The van der Waals surface area contributed by atoms with Crippen molar-refractivity contribution in [1.29, 1.82) is 0 Å².